The van der Waals surface area contributed by atoms with Crippen LogP contribution in [0.25, 0.3) is 0 Å². The van der Waals surface area contributed by atoms with E-state index in [9.17, 15) is 24.3 Å². The normalized spacial score (nSPS) is 22.0. The van der Waals surface area contributed by atoms with E-state index in [0.29, 0.717) is 17.3 Å². The Hall–Kier alpha value is -3.22. The minimum atomic E-state index is -0.993. The van der Waals surface area contributed by atoms with Gasteiger partial charge in [0.2, 0.25) is 23.6 Å². The molecule has 4 amide bonds. The Bertz CT molecular complexity index is 1100. The molecule has 0 aliphatic carbocycles. The Morgan fingerprint density at radius 2 is 1.61 bits per heavy atom. The summed E-state index contributed by atoms with van der Waals surface area (Å²) in [6.45, 7) is 0. The van der Waals surface area contributed by atoms with Crippen molar-refractivity contribution in [2.75, 3.05) is 23.0 Å². The van der Waals surface area contributed by atoms with E-state index in [1.165, 1.54) is 35.7 Å². The number of carbonyl (C=O) groups is 4. The lowest BCUT2D eigenvalue weighted by Gasteiger charge is -2.25. The number of aromatic hydroxyl groups is 1. The minimum Gasteiger partial charge on any atom is -0.508 e. The number of primary amides is 1. The molecule has 0 bridgehead atoms. The van der Waals surface area contributed by atoms with Gasteiger partial charge < -0.3 is 32.5 Å². The van der Waals surface area contributed by atoms with Gasteiger partial charge in [-0.3, -0.25) is 19.2 Å². The fraction of sp³-hybridized carbons (Fsp3) is 0.385. The van der Waals surface area contributed by atoms with Crippen LogP contribution in [0.15, 0.2) is 54.6 Å². The number of nitrogens with two attached hydrogens (primary N) is 2. The molecule has 3 rings (SSSR count). The van der Waals surface area contributed by atoms with E-state index in [-0.39, 0.29) is 24.3 Å². The molecule has 10 nitrogen and oxygen atoms in total. The van der Waals surface area contributed by atoms with Crippen molar-refractivity contribution in [2.45, 2.75) is 37.0 Å². The number of thioether (sulfide) groups is 2. The zero-order valence-electron chi connectivity index (χ0n) is 20.8. The molecule has 38 heavy (non-hydrogen) atoms. The molecule has 1 aliphatic heterocycles. The average molecular weight is 560 g/mol. The lowest BCUT2D eigenvalue weighted by molar-refractivity contribution is -0.133. The number of phenolic OH excluding ortho intramolecular Hbond substituents is 1. The van der Waals surface area contributed by atoms with Crippen molar-refractivity contribution in [1.29, 1.82) is 0 Å². The third-order valence-electron chi connectivity index (χ3n) is 5.88. The van der Waals surface area contributed by atoms with Gasteiger partial charge in [-0.15, -0.1) is 0 Å². The summed E-state index contributed by atoms with van der Waals surface area (Å²) < 4.78 is 0. The van der Waals surface area contributed by atoms with Crippen molar-refractivity contribution in [2.24, 2.45) is 11.5 Å². The minimum absolute atomic E-state index is 0.110. The molecule has 1 saturated heterocycles. The molecule has 1 aliphatic rings. The maximum Gasteiger partial charge on any atom is 0.244 e. The largest absolute Gasteiger partial charge is 0.508 e. The lowest BCUT2D eigenvalue weighted by atomic mass is 10.0. The maximum atomic E-state index is 13.3. The van der Waals surface area contributed by atoms with Crippen molar-refractivity contribution in [3.63, 3.8) is 0 Å². The van der Waals surface area contributed by atoms with E-state index in [1.54, 1.807) is 12.1 Å². The Morgan fingerprint density at radius 3 is 2.26 bits per heavy atom. The number of rotatable bonds is 7. The van der Waals surface area contributed by atoms with Crippen LogP contribution in [0.2, 0.25) is 0 Å². The van der Waals surface area contributed by atoms with Crippen molar-refractivity contribution < 1.29 is 24.3 Å². The zero-order valence-corrected chi connectivity index (χ0v) is 22.4. The predicted molar refractivity (Wildman–Crippen MR) is 150 cm³/mol. The van der Waals surface area contributed by atoms with Gasteiger partial charge in [-0.1, -0.05) is 42.5 Å². The van der Waals surface area contributed by atoms with Crippen molar-refractivity contribution in [3.05, 3.63) is 65.7 Å². The summed E-state index contributed by atoms with van der Waals surface area (Å²) in [5.41, 5.74) is 13.2. The van der Waals surface area contributed by atoms with E-state index in [1.807, 2.05) is 30.3 Å². The fourth-order valence-corrected chi connectivity index (χ4v) is 5.99. The number of amides is 4. The monoisotopic (exact) mass is 559 g/mol. The van der Waals surface area contributed by atoms with Gasteiger partial charge in [-0.05, 0) is 29.7 Å². The molecule has 204 valence electrons. The Balaban J connectivity index is 1.75. The van der Waals surface area contributed by atoms with E-state index in [2.05, 4.69) is 16.0 Å². The van der Waals surface area contributed by atoms with Gasteiger partial charge in [-0.25, -0.2) is 0 Å². The Kier molecular flexibility index (Phi) is 11.3. The van der Waals surface area contributed by atoms with Crippen molar-refractivity contribution in [3.8, 4) is 5.75 Å². The number of carbonyl (C=O) groups excluding carboxylic acids is 4. The molecular weight excluding hydrogens is 526 g/mol. The number of hydrogen-bond acceptors (Lipinski definition) is 8. The topological polar surface area (TPSA) is 177 Å². The third kappa shape index (κ3) is 9.26. The highest BCUT2D eigenvalue weighted by molar-refractivity contribution is 8.03. The lowest BCUT2D eigenvalue weighted by Crippen LogP contribution is -2.59. The highest BCUT2D eigenvalue weighted by Gasteiger charge is 2.30. The highest BCUT2D eigenvalue weighted by Crippen LogP contribution is 2.14. The molecule has 2 aromatic carbocycles. The molecule has 1 heterocycles. The molecule has 4 atom stereocenters. The van der Waals surface area contributed by atoms with E-state index in [4.69, 9.17) is 11.5 Å². The van der Waals surface area contributed by atoms with Crippen LogP contribution in [0.1, 0.15) is 11.1 Å². The van der Waals surface area contributed by atoms with Gasteiger partial charge in [0.1, 0.15) is 23.9 Å². The molecular formula is C26H33N5O5S2. The van der Waals surface area contributed by atoms with Gasteiger partial charge >= 0.3 is 0 Å². The van der Waals surface area contributed by atoms with Gasteiger partial charge in [0, 0.05) is 29.4 Å². The molecule has 0 radical (unpaired) electrons. The Labute approximate surface area is 230 Å². The van der Waals surface area contributed by atoms with Gasteiger partial charge in [0.05, 0.1) is 6.04 Å². The summed E-state index contributed by atoms with van der Waals surface area (Å²) >= 11 is 2.95. The summed E-state index contributed by atoms with van der Waals surface area (Å²) in [5, 5.41) is 17.6. The van der Waals surface area contributed by atoms with Crippen LogP contribution in [0.3, 0.4) is 0 Å². The standard InChI is InChI=1S/C26H33N5O5S2/c27-19(12-17-6-8-18(32)9-7-17)24(34)31-22-15-38-11-10-37-14-21(23(28)33)30-25(35)20(29-26(22)36)13-16-4-2-1-3-5-16/h1-9,19-22,32H,10-15,27H2,(H2,28,33)(H,29,36)(H,30,35)(H,31,34)/t19-,20+,21+,22+/m0/s1. The van der Waals surface area contributed by atoms with Crippen LogP contribution in [0.5, 0.6) is 5.75 Å². The molecule has 1 fully saturated rings. The second-order valence-corrected chi connectivity index (χ2v) is 11.2. The molecule has 0 saturated carbocycles. The third-order valence-corrected chi connectivity index (χ3v) is 8.26. The van der Waals surface area contributed by atoms with Crippen LogP contribution in [-0.2, 0) is 32.0 Å². The molecule has 0 aromatic heterocycles. The fourth-order valence-electron chi connectivity index (χ4n) is 3.76. The Morgan fingerprint density at radius 1 is 0.947 bits per heavy atom. The zero-order chi connectivity index (χ0) is 27.5. The smallest absolute Gasteiger partial charge is 0.244 e. The first-order chi connectivity index (χ1) is 18.2. The highest BCUT2D eigenvalue weighted by atomic mass is 32.2. The van der Waals surface area contributed by atoms with E-state index in [0.717, 1.165) is 11.1 Å². The number of phenols is 1. The maximum absolute atomic E-state index is 13.3. The number of nitrogens with one attached hydrogen (secondary N) is 3. The van der Waals surface area contributed by atoms with Crippen LogP contribution in [0, 0.1) is 0 Å². The molecule has 8 N–H and O–H groups in total. The molecule has 2 aromatic rings. The van der Waals surface area contributed by atoms with Crippen LogP contribution >= 0.6 is 23.5 Å². The SMILES string of the molecule is NC(=O)[C@H]1CSCCSC[C@@H](NC(=O)[C@@H](N)Cc2ccc(O)cc2)C(=O)N[C@H](Cc2ccccc2)C(=O)N1. The predicted octanol–water partition coefficient (Wildman–Crippen LogP) is -0.0756. The first-order valence-electron chi connectivity index (χ1n) is 12.2. The average Bonchev–Trinajstić information content (AvgIpc) is 2.90. The number of benzene rings is 2. The van der Waals surface area contributed by atoms with Crippen LogP contribution < -0.4 is 27.4 Å². The quantitative estimate of drug-likeness (QED) is 0.273. The van der Waals surface area contributed by atoms with Gasteiger partial charge in [-0.2, -0.15) is 23.5 Å². The summed E-state index contributed by atoms with van der Waals surface area (Å²) in [7, 11) is 0. The summed E-state index contributed by atoms with van der Waals surface area (Å²) in [6, 6.07) is 11.8. The van der Waals surface area contributed by atoms with Crippen LogP contribution in [0.4, 0.5) is 0 Å². The van der Waals surface area contributed by atoms with Crippen molar-refractivity contribution in [1.82, 2.24) is 16.0 Å². The number of hydrogen-bond donors (Lipinski definition) is 6. The molecule has 12 heteroatoms. The first kappa shape index (κ1) is 29.3. The summed E-state index contributed by atoms with van der Waals surface area (Å²) in [5.74, 6) is -0.172. The van der Waals surface area contributed by atoms with Crippen molar-refractivity contribution >= 4 is 47.2 Å². The summed E-state index contributed by atoms with van der Waals surface area (Å²) in [4.78, 5) is 51.4. The second kappa shape index (κ2) is 14.6. The van der Waals surface area contributed by atoms with Gasteiger partial charge in [0.15, 0.2) is 0 Å². The van der Waals surface area contributed by atoms with Gasteiger partial charge in [0.25, 0.3) is 0 Å². The van der Waals surface area contributed by atoms with E-state index >= 15 is 0 Å². The summed E-state index contributed by atoms with van der Waals surface area (Å²) in [6.07, 6.45) is 0.406. The van der Waals surface area contributed by atoms with Crippen LogP contribution in [-0.4, -0.2) is 75.9 Å². The molecule has 0 spiro atoms. The molecule has 0 unspecified atom stereocenters. The first-order valence-corrected chi connectivity index (χ1v) is 14.5. The second-order valence-electron chi connectivity index (χ2n) is 8.90. The van der Waals surface area contributed by atoms with E-state index < -0.39 is 47.8 Å².